The molecule has 0 radical (unpaired) electrons. The number of non-ortho nitro benzene ring substituents is 1. The van der Waals surface area contributed by atoms with E-state index >= 15 is 0 Å². The zero-order valence-electron chi connectivity index (χ0n) is 18.3. The van der Waals surface area contributed by atoms with E-state index in [-0.39, 0.29) is 22.6 Å². The van der Waals surface area contributed by atoms with Crippen molar-refractivity contribution in [1.29, 1.82) is 0 Å². The number of para-hydroxylation sites is 2. The number of hydrogen-bond acceptors (Lipinski definition) is 5. The first kappa shape index (κ1) is 24.4. The van der Waals surface area contributed by atoms with Crippen LogP contribution in [-0.2, 0) is 15.8 Å². The molecule has 4 rings (SSSR count). The molecule has 3 aromatic rings. The fourth-order valence-electron chi connectivity index (χ4n) is 3.75. The molecule has 0 aromatic heterocycles. The van der Waals surface area contributed by atoms with Crippen LogP contribution in [-0.4, -0.2) is 28.7 Å². The summed E-state index contributed by atoms with van der Waals surface area (Å²) in [4.78, 5) is 50.5. The molecule has 0 spiro atoms. The number of benzene rings is 3. The number of nitro groups is 1. The molecule has 3 amide bonds. The maximum atomic E-state index is 13.4. The van der Waals surface area contributed by atoms with Crippen molar-refractivity contribution >= 4 is 40.5 Å². The second-order valence-electron chi connectivity index (χ2n) is 7.83. The van der Waals surface area contributed by atoms with E-state index in [4.69, 9.17) is 0 Å². The summed E-state index contributed by atoms with van der Waals surface area (Å²) in [7, 11) is 0. The molecule has 1 atom stereocenters. The monoisotopic (exact) mass is 498 g/mol. The first-order chi connectivity index (χ1) is 17.0. The van der Waals surface area contributed by atoms with Gasteiger partial charge in [0, 0.05) is 23.4 Å². The quantitative estimate of drug-likeness (QED) is 0.393. The van der Waals surface area contributed by atoms with Gasteiger partial charge in [-0.2, -0.15) is 13.2 Å². The summed E-state index contributed by atoms with van der Waals surface area (Å²) in [6.45, 7) is 0. The number of nitrogens with zero attached hydrogens (tertiary/aromatic N) is 2. The summed E-state index contributed by atoms with van der Waals surface area (Å²) >= 11 is 0. The van der Waals surface area contributed by atoms with Crippen LogP contribution in [0.1, 0.15) is 22.3 Å². The van der Waals surface area contributed by atoms with Crippen LogP contribution in [0.2, 0.25) is 0 Å². The molecule has 1 aliphatic rings. The Kier molecular flexibility index (Phi) is 6.43. The lowest BCUT2D eigenvalue weighted by Crippen LogP contribution is -2.52. The minimum absolute atomic E-state index is 0.0355. The van der Waals surface area contributed by atoms with E-state index < -0.39 is 46.8 Å². The minimum atomic E-state index is -4.61. The van der Waals surface area contributed by atoms with Gasteiger partial charge in [-0.1, -0.05) is 18.2 Å². The first-order valence-corrected chi connectivity index (χ1v) is 10.5. The molecule has 184 valence electrons. The van der Waals surface area contributed by atoms with Crippen molar-refractivity contribution in [2.24, 2.45) is 0 Å². The smallest absolute Gasteiger partial charge is 0.326 e. The molecule has 3 aromatic carbocycles. The van der Waals surface area contributed by atoms with Crippen molar-refractivity contribution in [1.82, 2.24) is 0 Å². The Hall–Kier alpha value is -4.74. The van der Waals surface area contributed by atoms with Gasteiger partial charge in [-0.15, -0.1) is 0 Å². The standard InChI is InChI=1S/C24H17F3N4O5/c25-24(26,27)15-4-3-5-16(12-15)28-21(32)13-20-22(33)29-18-6-1-2-7-19(18)30(20)23(34)14-8-10-17(11-9-14)31(35)36/h1-12,20H,13H2,(H,28,32)(H,29,33). The van der Waals surface area contributed by atoms with Crippen molar-refractivity contribution < 1.29 is 32.5 Å². The van der Waals surface area contributed by atoms with Gasteiger partial charge in [0.25, 0.3) is 11.6 Å². The molecule has 0 aliphatic carbocycles. The van der Waals surface area contributed by atoms with E-state index in [9.17, 15) is 37.7 Å². The molecule has 1 unspecified atom stereocenters. The number of fused-ring (bicyclic) bond motifs is 1. The fourth-order valence-corrected chi connectivity index (χ4v) is 3.75. The van der Waals surface area contributed by atoms with Gasteiger partial charge in [0.05, 0.1) is 28.3 Å². The molecule has 1 aliphatic heterocycles. The third kappa shape index (κ3) is 5.02. The largest absolute Gasteiger partial charge is 0.416 e. The predicted octanol–water partition coefficient (Wildman–Crippen LogP) is 4.61. The van der Waals surface area contributed by atoms with E-state index in [2.05, 4.69) is 10.6 Å². The number of carbonyl (C=O) groups is 3. The Morgan fingerprint density at radius 3 is 2.39 bits per heavy atom. The van der Waals surface area contributed by atoms with E-state index in [0.29, 0.717) is 5.69 Å². The maximum Gasteiger partial charge on any atom is 0.416 e. The topological polar surface area (TPSA) is 122 Å². The van der Waals surface area contributed by atoms with E-state index in [0.717, 1.165) is 35.2 Å². The van der Waals surface area contributed by atoms with Crippen LogP contribution in [0, 0.1) is 10.1 Å². The van der Waals surface area contributed by atoms with Crippen LogP contribution < -0.4 is 15.5 Å². The molecular weight excluding hydrogens is 481 g/mol. The number of anilines is 3. The highest BCUT2D eigenvalue weighted by Gasteiger charge is 2.39. The molecule has 0 saturated heterocycles. The van der Waals surface area contributed by atoms with Crippen LogP contribution >= 0.6 is 0 Å². The van der Waals surface area contributed by atoms with Crippen molar-refractivity contribution in [3.63, 3.8) is 0 Å². The zero-order valence-corrected chi connectivity index (χ0v) is 18.3. The highest BCUT2D eigenvalue weighted by atomic mass is 19.4. The Balaban J connectivity index is 1.63. The SMILES string of the molecule is O=C(CC1C(=O)Nc2ccccc2N1C(=O)c1ccc([N+](=O)[O-])cc1)Nc1cccc(C(F)(F)F)c1. The van der Waals surface area contributed by atoms with Gasteiger partial charge in [-0.3, -0.25) is 29.4 Å². The van der Waals surface area contributed by atoms with E-state index in [1.54, 1.807) is 24.3 Å². The average Bonchev–Trinajstić information content (AvgIpc) is 2.84. The Morgan fingerprint density at radius 2 is 1.72 bits per heavy atom. The van der Waals surface area contributed by atoms with Crippen LogP contribution in [0.3, 0.4) is 0 Å². The van der Waals surface area contributed by atoms with Crippen molar-refractivity contribution in [2.45, 2.75) is 18.6 Å². The van der Waals surface area contributed by atoms with Crippen molar-refractivity contribution in [3.8, 4) is 0 Å². The molecule has 9 nitrogen and oxygen atoms in total. The normalized spacial score (nSPS) is 15.0. The molecule has 1 heterocycles. The van der Waals surface area contributed by atoms with Gasteiger partial charge in [0.1, 0.15) is 6.04 Å². The lowest BCUT2D eigenvalue weighted by atomic mass is 10.0. The summed E-state index contributed by atoms with van der Waals surface area (Å²) in [5, 5.41) is 15.9. The van der Waals surface area contributed by atoms with Gasteiger partial charge in [-0.25, -0.2) is 0 Å². The molecule has 0 saturated carbocycles. The van der Waals surface area contributed by atoms with Gasteiger partial charge in [-0.05, 0) is 42.5 Å². The summed E-state index contributed by atoms with van der Waals surface area (Å²) in [6, 6.07) is 13.8. The number of hydrogen-bond donors (Lipinski definition) is 2. The van der Waals surface area contributed by atoms with Gasteiger partial charge in [0.2, 0.25) is 11.8 Å². The zero-order chi connectivity index (χ0) is 26.0. The first-order valence-electron chi connectivity index (χ1n) is 10.5. The highest BCUT2D eigenvalue weighted by Crippen LogP contribution is 2.35. The van der Waals surface area contributed by atoms with Crippen LogP contribution in [0.25, 0.3) is 0 Å². The van der Waals surface area contributed by atoms with Crippen molar-refractivity contribution in [2.75, 3.05) is 15.5 Å². The van der Waals surface area contributed by atoms with Crippen LogP contribution in [0.4, 0.5) is 35.9 Å². The van der Waals surface area contributed by atoms with Crippen LogP contribution in [0.5, 0.6) is 0 Å². The number of amides is 3. The summed E-state index contributed by atoms with van der Waals surface area (Å²) in [5.74, 6) is -2.16. The summed E-state index contributed by atoms with van der Waals surface area (Å²) < 4.78 is 39.0. The summed E-state index contributed by atoms with van der Waals surface area (Å²) in [6.07, 6.45) is -5.17. The minimum Gasteiger partial charge on any atom is -0.326 e. The van der Waals surface area contributed by atoms with Crippen molar-refractivity contribution in [3.05, 3.63) is 94.0 Å². The van der Waals surface area contributed by atoms with E-state index in [1.165, 1.54) is 18.2 Å². The Morgan fingerprint density at radius 1 is 1.03 bits per heavy atom. The molecule has 12 heteroatoms. The Labute approximate surface area is 201 Å². The number of carbonyl (C=O) groups excluding carboxylic acids is 3. The molecule has 36 heavy (non-hydrogen) atoms. The van der Waals surface area contributed by atoms with Gasteiger partial charge >= 0.3 is 6.18 Å². The number of nitrogens with one attached hydrogen (secondary N) is 2. The number of alkyl halides is 3. The fraction of sp³-hybridized carbons (Fsp3) is 0.125. The number of nitro benzene ring substituents is 1. The number of rotatable bonds is 5. The third-order valence-electron chi connectivity index (χ3n) is 5.43. The van der Waals surface area contributed by atoms with Gasteiger partial charge in [0.15, 0.2) is 0 Å². The number of halogens is 3. The molecule has 0 bridgehead atoms. The second kappa shape index (κ2) is 9.49. The average molecular weight is 498 g/mol. The van der Waals surface area contributed by atoms with Gasteiger partial charge < -0.3 is 10.6 Å². The lowest BCUT2D eigenvalue weighted by molar-refractivity contribution is -0.384. The molecule has 2 N–H and O–H groups in total. The Bertz CT molecular complexity index is 1360. The molecule has 0 fully saturated rings. The predicted molar refractivity (Wildman–Crippen MR) is 123 cm³/mol. The van der Waals surface area contributed by atoms with E-state index in [1.807, 2.05) is 0 Å². The molecular formula is C24H17F3N4O5. The van der Waals surface area contributed by atoms with Crippen LogP contribution in [0.15, 0.2) is 72.8 Å². The third-order valence-corrected chi connectivity index (χ3v) is 5.43. The second-order valence-corrected chi connectivity index (χ2v) is 7.83. The highest BCUT2D eigenvalue weighted by molar-refractivity contribution is 6.17. The lowest BCUT2D eigenvalue weighted by Gasteiger charge is -2.36. The maximum absolute atomic E-state index is 13.4. The summed E-state index contributed by atoms with van der Waals surface area (Å²) in [5.41, 5.74) is -0.683.